The Balaban J connectivity index is 4.70. The summed E-state index contributed by atoms with van der Waals surface area (Å²) in [5.74, 6) is -1.79. The van der Waals surface area contributed by atoms with Gasteiger partial charge in [-0.3, -0.25) is 0 Å². The van der Waals surface area contributed by atoms with Gasteiger partial charge in [0.1, 0.15) is 12.2 Å². The minimum atomic E-state index is -1.39. The van der Waals surface area contributed by atoms with Gasteiger partial charge in [-0.1, -0.05) is 6.92 Å². The minimum absolute atomic E-state index is 0.216. The highest BCUT2D eigenvalue weighted by Gasteiger charge is 2.15. The van der Waals surface area contributed by atoms with Crippen molar-refractivity contribution in [2.24, 2.45) is 0 Å². The molecule has 0 amide bonds. The van der Waals surface area contributed by atoms with E-state index in [1.54, 1.807) is 13.8 Å². The Bertz CT molecular complexity index is 344. The predicted molar refractivity (Wildman–Crippen MR) is 63.8 cm³/mol. The summed E-state index contributed by atoms with van der Waals surface area (Å²) in [7, 11) is 0. The number of aliphatic carboxylic acids is 1. The number of hydrogen-bond acceptors (Lipinski definition) is 5. The van der Waals surface area contributed by atoms with Crippen LogP contribution in [0, 0.1) is 0 Å². The number of carbonyl (C=O) groups excluding carboxylic acids is 1. The van der Waals surface area contributed by atoms with Gasteiger partial charge in [0.05, 0.1) is 6.61 Å². The zero-order valence-corrected chi connectivity index (χ0v) is 10.4. The van der Waals surface area contributed by atoms with E-state index in [4.69, 9.17) is 9.84 Å². The second-order valence-corrected chi connectivity index (χ2v) is 3.44. The Morgan fingerprint density at radius 2 is 1.83 bits per heavy atom. The lowest BCUT2D eigenvalue weighted by Crippen LogP contribution is -2.23. The number of aliphatic hydroxyl groups is 2. The molecule has 0 saturated carbocycles. The number of ether oxygens (including phenoxy) is 1. The molecule has 0 spiro atoms. The van der Waals surface area contributed by atoms with Gasteiger partial charge in [0.25, 0.3) is 0 Å². The third-order valence-electron chi connectivity index (χ3n) is 2.08. The van der Waals surface area contributed by atoms with Crippen LogP contribution in [-0.2, 0) is 14.3 Å². The minimum Gasteiger partial charge on any atom is -0.478 e. The van der Waals surface area contributed by atoms with Gasteiger partial charge in [-0.15, -0.1) is 0 Å². The predicted octanol–water partition coefficient (Wildman–Crippen LogP) is 0.248. The van der Waals surface area contributed by atoms with Crippen LogP contribution in [0.4, 0.5) is 0 Å². The van der Waals surface area contributed by atoms with Gasteiger partial charge in [-0.25, -0.2) is 9.59 Å². The summed E-state index contributed by atoms with van der Waals surface area (Å²) < 4.78 is 4.76. The molecule has 102 valence electrons. The van der Waals surface area contributed by atoms with E-state index in [9.17, 15) is 19.8 Å². The van der Waals surface area contributed by atoms with Gasteiger partial charge >= 0.3 is 11.9 Å². The fraction of sp³-hybridized carbons (Fsp3) is 0.500. The molecule has 0 aromatic heterocycles. The maximum absolute atomic E-state index is 11.4. The lowest BCUT2D eigenvalue weighted by molar-refractivity contribution is -0.138. The highest BCUT2D eigenvalue weighted by Crippen LogP contribution is 2.08. The van der Waals surface area contributed by atoms with E-state index >= 15 is 0 Å². The van der Waals surface area contributed by atoms with Crippen molar-refractivity contribution >= 4 is 11.9 Å². The second-order valence-electron chi connectivity index (χ2n) is 3.44. The van der Waals surface area contributed by atoms with E-state index in [0.29, 0.717) is 6.42 Å². The highest BCUT2D eigenvalue weighted by molar-refractivity contribution is 5.88. The SMILES string of the molecule is CCOC(=O)C(=CC(O)C(O)C=CC(=O)O)CC. The number of aliphatic hydroxyl groups excluding tert-OH is 2. The number of rotatable bonds is 7. The van der Waals surface area contributed by atoms with Crippen molar-refractivity contribution in [1.82, 2.24) is 0 Å². The molecule has 6 heteroatoms. The first-order valence-electron chi connectivity index (χ1n) is 5.57. The van der Waals surface area contributed by atoms with Crippen molar-refractivity contribution in [1.29, 1.82) is 0 Å². The third kappa shape index (κ3) is 6.17. The average Bonchev–Trinajstić information content (AvgIpc) is 2.32. The molecule has 0 aliphatic heterocycles. The summed E-state index contributed by atoms with van der Waals surface area (Å²) in [5.41, 5.74) is 0.229. The fourth-order valence-corrected chi connectivity index (χ4v) is 1.15. The molecule has 0 aromatic rings. The molecule has 0 heterocycles. The number of esters is 1. The first-order chi connectivity index (χ1) is 8.42. The van der Waals surface area contributed by atoms with Crippen LogP contribution < -0.4 is 0 Å². The molecule has 3 N–H and O–H groups in total. The molecule has 6 nitrogen and oxygen atoms in total. The largest absolute Gasteiger partial charge is 0.478 e. The van der Waals surface area contributed by atoms with Crippen LogP contribution in [0.25, 0.3) is 0 Å². The topological polar surface area (TPSA) is 104 Å². The van der Waals surface area contributed by atoms with E-state index in [0.717, 1.165) is 18.2 Å². The third-order valence-corrected chi connectivity index (χ3v) is 2.08. The smallest absolute Gasteiger partial charge is 0.333 e. The molecular weight excluding hydrogens is 240 g/mol. The van der Waals surface area contributed by atoms with E-state index in [1.165, 1.54) is 0 Å². The fourth-order valence-electron chi connectivity index (χ4n) is 1.15. The van der Waals surface area contributed by atoms with Gasteiger partial charge in [-0.2, -0.15) is 0 Å². The standard InChI is InChI=1S/C12H18O6/c1-3-8(12(17)18-4-2)7-10(14)9(13)5-6-11(15)16/h5-7,9-10,13-14H,3-4H2,1-2H3,(H,15,16). The first kappa shape index (κ1) is 16.3. The Kier molecular flexibility index (Phi) is 7.66. The van der Waals surface area contributed by atoms with Crippen LogP contribution in [0.3, 0.4) is 0 Å². The van der Waals surface area contributed by atoms with E-state index in [-0.39, 0.29) is 12.2 Å². The zero-order chi connectivity index (χ0) is 14.1. The van der Waals surface area contributed by atoms with Crippen molar-refractivity contribution in [3.8, 4) is 0 Å². The van der Waals surface area contributed by atoms with Crippen molar-refractivity contribution < 1.29 is 29.6 Å². The summed E-state index contributed by atoms with van der Waals surface area (Å²) in [6.45, 7) is 3.58. The van der Waals surface area contributed by atoms with Crippen molar-refractivity contribution in [2.75, 3.05) is 6.61 Å². The molecule has 0 aliphatic carbocycles. The van der Waals surface area contributed by atoms with Crippen molar-refractivity contribution in [3.63, 3.8) is 0 Å². The molecule has 0 saturated heterocycles. The average molecular weight is 258 g/mol. The molecule has 0 aliphatic rings. The molecule has 2 unspecified atom stereocenters. The van der Waals surface area contributed by atoms with Crippen LogP contribution in [0.2, 0.25) is 0 Å². The number of hydrogen-bond donors (Lipinski definition) is 3. The molecule has 0 aromatic carbocycles. The van der Waals surface area contributed by atoms with Gasteiger partial charge in [0.15, 0.2) is 0 Å². The zero-order valence-electron chi connectivity index (χ0n) is 10.4. The second kappa shape index (κ2) is 8.43. The Morgan fingerprint density at radius 3 is 2.28 bits per heavy atom. The Morgan fingerprint density at radius 1 is 1.22 bits per heavy atom. The molecule has 18 heavy (non-hydrogen) atoms. The van der Waals surface area contributed by atoms with Gasteiger partial charge in [-0.05, 0) is 25.5 Å². The molecule has 0 bridgehead atoms. The number of carboxylic acids is 1. The maximum Gasteiger partial charge on any atom is 0.333 e. The van der Waals surface area contributed by atoms with Gasteiger partial charge < -0.3 is 20.1 Å². The van der Waals surface area contributed by atoms with Crippen LogP contribution >= 0.6 is 0 Å². The summed E-state index contributed by atoms with van der Waals surface area (Å²) in [6, 6.07) is 0. The van der Waals surface area contributed by atoms with Gasteiger partial charge in [0.2, 0.25) is 0 Å². The van der Waals surface area contributed by atoms with Crippen LogP contribution in [0.15, 0.2) is 23.8 Å². The summed E-state index contributed by atoms with van der Waals surface area (Å²) in [5, 5.41) is 27.4. The molecule has 0 radical (unpaired) electrons. The lowest BCUT2D eigenvalue weighted by atomic mass is 10.1. The Labute approximate surface area is 105 Å². The summed E-state index contributed by atoms with van der Waals surface area (Å²) >= 11 is 0. The normalized spacial score (nSPS) is 15.4. The van der Waals surface area contributed by atoms with Crippen LogP contribution in [0.1, 0.15) is 20.3 Å². The van der Waals surface area contributed by atoms with E-state index in [2.05, 4.69) is 0 Å². The summed E-state index contributed by atoms with van der Waals surface area (Å²) in [6.07, 6.45) is 0.400. The molecule has 0 fully saturated rings. The van der Waals surface area contributed by atoms with Crippen LogP contribution in [0.5, 0.6) is 0 Å². The molecule has 0 rings (SSSR count). The monoisotopic (exact) mass is 258 g/mol. The van der Waals surface area contributed by atoms with Crippen molar-refractivity contribution in [3.05, 3.63) is 23.8 Å². The lowest BCUT2D eigenvalue weighted by Gasteiger charge is -2.12. The Hall–Kier alpha value is -1.66. The van der Waals surface area contributed by atoms with E-state index < -0.39 is 24.1 Å². The maximum atomic E-state index is 11.4. The molecular formula is C12H18O6. The van der Waals surface area contributed by atoms with Gasteiger partial charge in [0, 0.05) is 11.6 Å². The first-order valence-corrected chi connectivity index (χ1v) is 5.57. The van der Waals surface area contributed by atoms with E-state index in [1.807, 2.05) is 0 Å². The number of carbonyl (C=O) groups is 2. The highest BCUT2D eigenvalue weighted by atomic mass is 16.5. The number of carboxylic acid groups (broad SMARTS) is 1. The summed E-state index contributed by atoms with van der Waals surface area (Å²) in [4.78, 5) is 21.6. The van der Waals surface area contributed by atoms with Crippen LogP contribution in [-0.4, -0.2) is 46.1 Å². The molecule has 2 atom stereocenters. The van der Waals surface area contributed by atoms with Crippen molar-refractivity contribution in [2.45, 2.75) is 32.5 Å². The quantitative estimate of drug-likeness (QED) is 0.446.